The minimum atomic E-state index is -3.30. The number of hydrogen-bond donors (Lipinski definition) is 1. The smallest absolute Gasteiger partial charge is 0.255 e. The van der Waals surface area contributed by atoms with Gasteiger partial charge < -0.3 is 5.32 Å². The molecule has 1 amide bonds. The molecule has 1 saturated heterocycles. The van der Waals surface area contributed by atoms with Crippen molar-refractivity contribution in [3.8, 4) is 0 Å². The van der Waals surface area contributed by atoms with Crippen LogP contribution in [-0.2, 0) is 10.0 Å². The highest BCUT2D eigenvalue weighted by Crippen LogP contribution is 2.24. The molecule has 0 atom stereocenters. The van der Waals surface area contributed by atoms with Crippen LogP contribution in [-0.4, -0.2) is 26.6 Å². The molecule has 2 aromatic carbocycles. The van der Waals surface area contributed by atoms with Crippen molar-refractivity contribution < 1.29 is 13.2 Å². The lowest BCUT2D eigenvalue weighted by Crippen LogP contribution is -2.37. The van der Waals surface area contributed by atoms with Crippen molar-refractivity contribution in [2.45, 2.75) is 12.8 Å². The van der Waals surface area contributed by atoms with Gasteiger partial charge in [-0.1, -0.05) is 17.7 Å². The number of halogens is 1. The first-order chi connectivity index (χ1) is 11.5. The van der Waals surface area contributed by atoms with Gasteiger partial charge in [0, 0.05) is 22.8 Å². The fraction of sp³-hybridized carbons (Fsp3) is 0.235. The number of benzene rings is 2. The number of anilines is 2. The zero-order chi connectivity index (χ0) is 17.2. The van der Waals surface area contributed by atoms with Gasteiger partial charge in [0.25, 0.3) is 5.91 Å². The Hall–Kier alpha value is -2.05. The Kier molecular flexibility index (Phi) is 4.78. The van der Waals surface area contributed by atoms with Crippen LogP contribution in [0.2, 0.25) is 5.02 Å². The predicted molar refractivity (Wildman–Crippen MR) is 96.2 cm³/mol. The van der Waals surface area contributed by atoms with Crippen LogP contribution in [0.1, 0.15) is 23.2 Å². The summed E-state index contributed by atoms with van der Waals surface area (Å²) in [5.41, 5.74) is 1.56. The molecular weight excluding hydrogens is 348 g/mol. The molecule has 0 unspecified atom stereocenters. The summed E-state index contributed by atoms with van der Waals surface area (Å²) in [5, 5.41) is 3.36. The molecule has 126 valence electrons. The molecule has 0 saturated carbocycles. The third-order valence-corrected chi connectivity index (χ3v) is 5.97. The molecule has 7 heteroatoms. The zero-order valence-corrected chi connectivity index (χ0v) is 14.5. The first-order valence-corrected chi connectivity index (χ1v) is 9.62. The van der Waals surface area contributed by atoms with Gasteiger partial charge in [-0.15, -0.1) is 0 Å². The molecule has 1 aliphatic rings. The van der Waals surface area contributed by atoms with Gasteiger partial charge in [-0.3, -0.25) is 9.10 Å². The Morgan fingerprint density at radius 2 is 1.83 bits per heavy atom. The molecular formula is C17H17ClN2O3S. The van der Waals surface area contributed by atoms with E-state index in [0.717, 1.165) is 6.42 Å². The van der Waals surface area contributed by atoms with Gasteiger partial charge in [0.05, 0.1) is 11.4 Å². The van der Waals surface area contributed by atoms with Crippen LogP contribution in [0.4, 0.5) is 11.4 Å². The lowest BCUT2D eigenvalue weighted by molar-refractivity contribution is 0.102. The first kappa shape index (κ1) is 16.8. The van der Waals surface area contributed by atoms with Crippen molar-refractivity contribution in [1.82, 2.24) is 0 Å². The van der Waals surface area contributed by atoms with Crippen LogP contribution >= 0.6 is 11.6 Å². The van der Waals surface area contributed by atoms with Crippen LogP contribution in [0.15, 0.2) is 48.5 Å². The number of hydrogen-bond acceptors (Lipinski definition) is 3. The van der Waals surface area contributed by atoms with E-state index in [1.165, 1.54) is 4.31 Å². The molecule has 0 bridgehead atoms. The van der Waals surface area contributed by atoms with E-state index in [2.05, 4.69) is 5.32 Å². The number of nitrogens with zero attached hydrogens (tertiary/aromatic N) is 1. The number of nitrogens with one attached hydrogen (secondary N) is 1. The predicted octanol–water partition coefficient (Wildman–Crippen LogP) is 3.52. The van der Waals surface area contributed by atoms with E-state index < -0.39 is 10.0 Å². The van der Waals surface area contributed by atoms with Crippen molar-refractivity contribution in [2.24, 2.45) is 0 Å². The van der Waals surface area contributed by atoms with E-state index in [0.29, 0.717) is 34.9 Å². The SMILES string of the molecule is O=C(Nc1ccc(Cl)cc1)c1cccc(N2CCCCS2(=O)=O)c1. The van der Waals surface area contributed by atoms with Crippen molar-refractivity contribution in [2.75, 3.05) is 21.9 Å². The maximum Gasteiger partial charge on any atom is 0.255 e. The zero-order valence-electron chi connectivity index (χ0n) is 12.9. The largest absolute Gasteiger partial charge is 0.322 e. The third-order valence-electron chi connectivity index (χ3n) is 3.85. The van der Waals surface area contributed by atoms with Crippen LogP contribution in [0.25, 0.3) is 0 Å². The Balaban J connectivity index is 1.82. The molecule has 0 radical (unpaired) electrons. The summed E-state index contributed by atoms with van der Waals surface area (Å²) in [6, 6.07) is 13.5. The summed E-state index contributed by atoms with van der Waals surface area (Å²) in [6.07, 6.45) is 1.50. The normalized spacial score (nSPS) is 16.6. The maximum absolute atomic E-state index is 12.4. The van der Waals surface area contributed by atoms with E-state index in [9.17, 15) is 13.2 Å². The Morgan fingerprint density at radius 1 is 1.08 bits per heavy atom. The summed E-state index contributed by atoms with van der Waals surface area (Å²) in [6.45, 7) is 0.449. The molecule has 0 aliphatic carbocycles. The van der Waals surface area contributed by atoms with E-state index in [-0.39, 0.29) is 11.7 Å². The number of sulfonamides is 1. The Labute approximate surface area is 146 Å². The van der Waals surface area contributed by atoms with E-state index in [4.69, 9.17) is 11.6 Å². The van der Waals surface area contributed by atoms with Crippen LogP contribution in [0, 0.1) is 0 Å². The average Bonchev–Trinajstić information content (AvgIpc) is 2.56. The molecule has 0 spiro atoms. The number of carbonyl (C=O) groups is 1. The van der Waals surface area contributed by atoms with Gasteiger partial charge in [-0.05, 0) is 55.3 Å². The van der Waals surface area contributed by atoms with Crippen molar-refractivity contribution >= 4 is 38.9 Å². The molecule has 2 aromatic rings. The molecule has 3 rings (SSSR count). The van der Waals surface area contributed by atoms with Crippen LogP contribution in [0.5, 0.6) is 0 Å². The van der Waals surface area contributed by atoms with Gasteiger partial charge in [-0.2, -0.15) is 0 Å². The maximum atomic E-state index is 12.4. The molecule has 1 heterocycles. The van der Waals surface area contributed by atoms with Gasteiger partial charge in [0.2, 0.25) is 10.0 Å². The highest BCUT2D eigenvalue weighted by atomic mass is 35.5. The summed E-state index contributed by atoms with van der Waals surface area (Å²) >= 11 is 5.82. The molecule has 0 aromatic heterocycles. The highest BCUT2D eigenvalue weighted by molar-refractivity contribution is 7.92. The fourth-order valence-electron chi connectivity index (χ4n) is 2.62. The number of carbonyl (C=O) groups excluding carboxylic acids is 1. The Morgan fingerprint density at radius 3 is 2.54 bits per heavy atom. The second kappa shape index (κ2) is 6.83. The molecule has 24 heavy (non-hydrogen) atoms. The van der Waals surface area contributed by atoms with Gasteiger partial charge >= 0.3 is 0 Å². The fourth-order valence-corrected chi connectivity index (χ4v) is 4.37. The monoisotopic (exact) mass is 364 g/mol. The average molecular weight is 365 g/mol. The Bertz CT molecular complexity index is 850. The summed E-state index contributed by atoms with van der Waals surface area (Å²) in [5.74, 6) is -0.151. The lowest BCUT2D eigenvalue weighted by Gasteiger charge is -2.28. The second-order valence-electron chi connectivity index (χ2n) is 5.61. The van der Waals surface area contributed by atoms with E-state index >= 15 is 0 Å². The minimum absolute atomic E-state index is 0.147. The summed E-state index contributed by atoms with van der Waals surface area (Å²) in [4.78, 5) is 12.4. The van der Waals surface area contributed by atoms with Gasteiger partial charge in [0.15, 0.2) is 0 Å². The van der Waals surface area contributed by atoms with Crippen molar-refractivity contribution in [1.29, 1.82) is 0 Å². The molecule has 1 fully saturated rings. The highest BCUT2D eigenvalue weighted by Gasteiger charge is 2.26. The summed E-state index contributed by atoms with van der Waals surface area (Å²) in [7, 11) is -3.30. The van der Waals surface area contributed by atoms with Crippen molar-refractivity contribution in [3.05, 3.63) is 59.1 Å². The first-order valence-electron chi connectivity index (χ1n) is 7.63. The van der Waals surface area contributed by atoms with Crippen molar-refractivity contribution in [3.63, 3.8) is 0 Å². The standard InChI is InChI=1S/C17H17ClN2O3S/c18-14-6-8-15(9-7-14)19-17(21)13-4-3-5-16(12-13)20-10-1-2-11-24(20,22)23/h3-9,12H,1-2,10-11H2,(H,19,21). The van der Waals surface area contributed by atoms with Crippen LogP contribution in [0.3, 0.4) is 0 Å². The quantitative estimate of drug-likeness (QED) is 0.906. The van der Waals surface area contributed by atoms with Crippen LogP contribution < -0.4 is 9.62 Å². The topological polar surface area (TPSA) is 66.5 Å². The number of amides is 1. The number of rotatable bonds is 3. The van der Waals surface area contributed by atoms with E-state index in [1.807, 2.05) is 0 Å². The minimum Gasteiger partial charge on any atom is -0.322 e. The second-order valence-corrected chi connectivity index (χ2v) is 8.06. The molecule has 1 N–H and O–H groups in total. The lowest BCUT2D eigenvalue weighted by atomic mass is 10.1. The van der Waals surface area contributed by atoms with E-state index in [1.54, 1.807) is 48.5 Å². The summed E-state index contributed by atoms with van der Waals surface area (Å²) < 4.78 is 25.8. The van der Waals surface area contributed by atoms with Gasteiger partial charge in [-0.25, -0.2) is 8.42 Å². The third kappa shape index (κ3) is 3.71. The molecule has 1 aliphatic heterocycles. The van der Waals surface area contributed by atoms with Gasteiger partial charge in [0.1, 0.15) is 0 Å². The molecule has 5 nitrogen and oxygen atoms in total.